The van der Waals surface area contributed by atoms with E-state index >= 15 is 0 Å². The van der Waals surface area contributed by atoms with E-state index in [-0.39, 0.29) is 23.3 Å². The van der Waals surface area contributed by atoms with Gasteiger partial charge in [0.1, 0.15) is 5.60 Å². The number of nitrogens with one attached hydrogen (secondary N) is 2. The van der Waals surface area contributed by atoms with Gasteiger partial charge in [0.2, 0.25) is 0 Å². The summed E-state index contributed by atoms with van der Waals surface area (Å²) in [6.45, 7) is 5.18. The third-order valence-corrected chi connectivity index (χ3v) is 11.1. The zero-order valence-corrected chi connectivity index (χ0v) is 23.3. The molecule has 6 nitrogen and oxygen atoms in total. The predicted octanol–water partition coefficient (Wildman–Crippen LogP) is 5.53. The lowest BCUT2D eigenvalue weighted by atomic mass is 9.46. The number of allylic oxidation sites excluding steroid dienone is 2. The molecule has 3 saturated carbocycles. The molecular formula is C33H41N3O3. The summed E-state index contributed by atoms with van der Waals surface area (Å²) in [6, 6.07) is 8.19. The molecule has 6 heteroatoms. The summed E-state index contributed by atoms with van der Waals surface area (Å²) in [5, 5.41) is 19.7. The molecule has 0 bridgehead atoms. The SMILES string of the molecule is C#C[C@]1(O)CC[C@H]2[C@@H]3CCC4=C/C(=N/OCC(=O)NCCc5c[nH]c6ccccc56)CC[C@]4(C)[C@H]3CC[C@@]21C. The van der Waals surface area contributed by atoms with Gasteiger partial charge in [0.25, 0.3) is 5.91 Å². The zero-order valence-electron chi connectivity index (χ0n) is 23.3. The Balaban J connectivity index is 1.03. The van der Waals surface area contributed by atoms with E-state index in [4.69, 9.17) is 11.3 Å². The highest BCUT2D eigenvalue weighted by atomic mass is 16.6. The molecule has 39 heavy (non-hydrogen) atoms. The van der Waals surface area contributed by atoms with Gasteiger partial charge in [0.05, 0.1) is 5.71 Å². The standard InChI is InChI=1S/C33H41N3O3/c1-4-33(38)17-13-28-26-10-9-23-19-24(11-15-31(23,2)27(26)12-16-32(28,33)3)36-39-21-30(37)34-18-14-22-20-35-29-8-6-5-7-25(22)29/h1,5-8,19-20,26-28,35,38H,9-18,21H2,2-3H3,(H,34,37)/b36-24+/t26-,27+,28+,31+,32+,33+/m1/s1. The van der Waals surface area contributed by atoms with Gasteiger partial charge in [-0.05, 0) is 98.7 Å². The second-order valence-corrected chi connectivity index (χ2v) is 12.8. The van der Waals surface area contributed by atoms with Gasteiger partial charge in [-0.25, -0.2) is 0 Å². The third kappa shape index (κ3) is 4.30. The highest BCUT2D eigenvalue weighted by Crippen LogP contribution is 2.67. The van der Waals surface area contributed by atoms with Crippen LogP contribution in [0.2, 0.25) is 0 Å². The summed E-state index contributed by atoms with van der Waals surface area (Å²) in [5.41, 5.74) is 3.78. The molecule has 1 heterocycles. The van der Waals surface area contributed by atoms with Crippen molar-refractivity contribution in [2.75, 3.05) is 13.2 Å². The van der Waals surface area contributed by atoms with Gasteiger partial charge in [-0.3, -0.25) is 4.79 Å². The van der Waals surface area contributed by atoms with E-state index in [0.717, 1.165) is 69.0 Å². The minimum absolute atomic E-state index is 0.0686. The second-order valence-electron chi connectivity index (χ2n) is 12.8. The van der Waals surface area contributed by atoms with Gasteiger partial charge < -0.3 is 20.2 Å². The van der Waals surface area contributed by atoms with Crippen molar-refractivity contribution in [1.29, 1.82) is 0 Å². The molecule has 1 amide bonds. The summed E-state index contributed by atoms with van der Waals surface area (Å²) in [5.74, 6) is 4.38. The highest BCUT2D eigenvalue weighted by Gasteiger charge is 2.63. The number of carbonyl (C=O) groups is 1. The first-order chi connectivity index (χ1) is 18.8. The van der Waals surface area contributed by atoms with Crippen LogP contribution in [0.3, 0.4) is 0 Å². The zero-order chi connectivity index (χ0) is 27.3. The number of aromatic amines is 1. The molecule has 0 unspecified atom stereocenters. The first-order valence-electron chi connectivity index (χ1n) is 14.7. The Kier molecular flexibility index (Phi) is 6.62. The Morgan fingerprint density at radius 3 is 2.85 bits per heavy atom. The Morgan fingerprint density at radius 2 is 2.00 bits per heavy atom. The van der Waals surface area contributed by atoms with Gasteiger partial charge in [0, 0.05) is 29.1 Å². The van der Waals surface area contributed by atoms with E-state index in [0.29, 0.717) is 24.3 Å². The number of para-hydroxylation sites is 1. The van der Waals surface area contributed by atoms with Crippen molar-refractivity contribution in [3.8, 4) is 12.3 Å². The number of oxime groups is 1. The maximum Gasteiger partial charge on any atom is 0.260 e. The number of benzene rings is 1. The first kappa shape index (κ1) is 26.2. The number of hydrogen-bond acceptors (Lipinski definition) is 4. The third-order valence-electron chi connectivity index (χ3n) is 11.1. The Morgan fingerprint density at radius 1 is 1.18 bits per heavy atom. The van der Waals surface area contributed by atoms with Crippen LogP contribution in [0.5, 0.6) is 0 Å². The molecule has 0 saturated heterocycles. The number of hydrogen-bond donors (Lipinski definition) is 3. The van der Waals surface area contributed by atoms with Crippen molar-refractivity contribution in [2.24, 2.45) is 33.7 Å². The van der Waals surface area contributed by atoms with E-state index in [1.807, 2.05) is 18.3 Å². The normalized spacial score (nSPS) is 36.4. The number of aliphatic hydroxyl groups is 1. The van der Waals surface area contributed by atoms with E-state index in [1.165, 1.54) is 16.5 Å². The summed E-state index contributed by atoms with van der Waals surface area (Å²) in [4.78, 5) is 21.1. The van der Waals surface area contributed by atoms with Gasteiger partial charge in [-0.2, -0.15) is 0 Å². The molecule has 1 aromatic heterocycles. The molecule has 4 aliphatic rings. The van der Waals surface area contributed by atoms with Crippen molar-refractivity contribution in [3.63, 3.8) is 0 Å². The van der Waals surface area contributed by atoms with E-state index in [2.05, 4.69) is 53.4 Å². The fourth-order valence-electron chi connectivity index (χ4n) is 8.80. The fourth-order valence-corrected chi connectivity index (χ4v) is 8.80. The van der Waals surface area contributed by atoms with Gasteiger partial charge in [-0.15, -0.1) is 6.42 Å². The van der Waals surface area contributed by atoms with Crippen molar-refractivity contribution < 1.29 is 14.7 Å². The molecule has 0 aliphatic heterocycles. The molecule has 206 valence electrons. The van der Waals surface area contributed by atoms with Gasteiger partial charge >= 0.3 is 0 Å². The molecule has 6 atom stereocenters. The lowest BCUT2D eigenvalue weighted by Gasteiger charge is -2.58. The van der Waals surface area contributed by atoms with Crippen LogP contribution in [0.25, 0.3) is 10.9 Å². The quantitative estimate of drug-likeness (QED) is 0.341. The number of fused-ring (bicyclic) bond motifs is 6. The Labute approximate surface area is 231 Å². The van der Waals surface area contributed by atoms with Crippen LogP contribution in [-0.2, 0) is 16.1 Å². The van der Waals surface area contributed by atoms with Crippen molar-refractivity contribution >= 4 is 22.5 Å². The largest absolute Gasteiger partial charge is 0.385 e. The average Bonchev–Trinajstić information content (AvgIpc) is 3.47. The van der Waals surface area contributed by atoms with Crippen LogP contribution >= 0.6 is 0 Å². The number of amides is 1. The second kappa shape index (κ2) is 9.86. The molecule has 3 N–H and O–H groups in total. The van der Waals surface area contributed by atoms with Crippen LogP contribution in [0.15, 0.2) is 47.3 Å². The van der Waals surface area contributed by atoms with Crippen LogP contribution in [0, 0.1) is 40.9 Å². The van der Waals surface area contributed by atoms with E-state index in [9.17, 15) is 9.90 Å². The molecule has 4 aliphatic carbocycles. The minimum Gasteiger partial charge on any atom is -0.385 e. The lowest BCUT2D eigenvalue weighted by molar-refractivity contribution is -0.125. The highest BCUT2D eigenvalue weighted by molar-refractivity contribution is 5.96. The number of carbonyl (C=O) groups excluding carboxylic acids is 1. The van der Waals surface area contributed by atoms with Crippen molar-refractivity contribution in [2.45, 2.75) is 77.2 Å². The topological polar surface area (TPSA) is 86.7 Å². The van der Waals surface area contributed by atoms with Gasteiger partial charge in [-0.1, -0.05) is 48.7 Å². The van der Waals surface area contributed by atoms with Crippen LogP contribution in [0.1, 0.15) is 70.8 Å². The molecule has 1 aromatic carbocycles. The van der Waals surface area contributed by atoms with Crippen LogP contribution in [-0.4, -0.2) is 40.5 Å². The number of nitrogens with zero attached hydrogens (tertiary/aromatic N) is 1. The van der Waals surface area contributed by atoms with E-state index in [1.54, 1.807) is 0 Å². The number of terminal acetylenes is 1. The Bertz CT molecular complexity index is 1370. The van der Waals surface area contributed by atoms with Crippen LogP contribution in [0.4, 0.5) is 0 Å². The lowest BCUT2D eigenvalue weighted by Crippen LogP contribution is -2.54. The first-order valence-corrected chi connectivity index (χ1v) is 14.7. The van der Waals surface area contributed by atoms with Gasteiger partial charge in [0.15, 0.2) is 6.61 Å². The monoisotopic (exact) mass is 527 g/mol. The maximum atomic E-state index is 12.3. The summed E-state index contributed by atoms with van der Waals surface area (Å²) in [6.07, 6.45) is 18.9. The van der Waals surface area contributed by atoms with Crippen molar-refractivity contribution in [1.82, 2.24) is 10.3 Å². The molecule has 2 aromatic rings. The summed E-state index contributed by atoms with van der Waals surface area (Å²) in [7, 11) is 0. The van der Waals surface area contributed by atoms with E-state index < -0.39 is 5.60 Å². The van der Waals surface area contributed by atoms with Crippen LogP contribution < -0.4 is 5.32 Å². The summed E-state index contributed by atoms with van der Waals surface area (Å²) >= 11 is 0. The maximum absolute atomic E-state index is 12.3. The molecular weight excluding hydrogens is 486 g/mol. The Hall–Kier alpha value is -3.04. The average molecular weight is 528 g/mol. The number of rotatable bonds is 6. The minimum atomic E-state index is -0.952. The van der Waals surface area contributed by atoms with Crippen molar-refractivity contribution in [3.05, 3.63) is 47.7 Å². The molecule has 0 radical (unpaired) electrons. The summed E-state index contributed by atoms with van der Waals surface area (Å²) < 4.78 is 0. The molecule has 3 fully saturated rings. The predicted molar refractivity (Wildman–Crippen MR) is 154 cm³/mol. The number of H-pyrrole nitrogens is 1. The fraction of sp³-hybridized carbons (Fsp3) is 0.576. The smallest absolute Gasteiger partial charge is 0.260 e. The molecule has 0 spiro atoms. The number of aromatic nitrogens is 1. The molecule has 6 rings (SSSR count).